The topological polar surface area (TPSA) is 49.4 Å². The number of fused-ring (bicyclic) bond motifs is 2. The lowest BCUT2D eigenvalue weighted by Gasteiger charge is -2.28. The summed E-state index contributed by atoms with van der Waals surface area (Å²) in [6.07, 6.45) is 1.87. The lowest BCUT2D eigenvalue weighted by molar-refractivity contribution is 0.251. The maximum Gasteiger partial charge on any atom is 0.241 e. The van der Waals surface area contributed by atoms with Crippen LogP contribution in [0.15, 0.2) is 71.6 Å². The van der Waals surface area contributed by atoms with Crippen molar-refractivity contribution in [3.8, 4) is 0 Å². The van der Waals surface area contributed by atoms with Crippen LogP contribution in [0.4, 0.5) is 0 Å². The molecule has 1 aliphatic heterocycles. The number of nitrogens with one attached hydrogen (secondary N) is 1. The van der Waals surface area contributed by atoms with E-state index >= 15 is 0 Å². The minimum atomic E-state index is -3.51. The van der Waals surface area contributed by atoms with Crippen LogP contribution in [0, 0.1) is 0 Å². The quantitative estimate of drug-likeness (QED) is 0.665. The monoisotopic (exact) mass is 380 g/mol. The summed E-state index contributed by atoms with van der Waals surface area (Å²) in [5.74, 6) is 0. The van der Waals surface area contributed by atoms with E-state index < -0.39 is 10.0 Å². The number of hydrogen-bond donors (Lipinski definition) is 1. The van der Waals surface area contributed by atoms with Gasteiger partial charge in [0.1, 0.15) is 0 Å². The molecule has 0 aromatic heterocycles. The average molecular weight is 381 g/mol. The van der Waals surface area contributed by atoms with E-state index in [9.17, 15) is 8.42 Å². The molecule has 1 N–H and O–H groups in total. The summed E-state index contributed by atoms with van der Waals surface area (Å²) in [4.78, 5) is 2.75. The zero-order chi connectivity index (χ0) is 18.7. The Kier molecular flexibility index (Phi) is 5.25. The zero-order valence-electron chi connectivity index (χ0n) is 15.3. The average Bonchev–Trinajstić information content (AvgIpc) is 2.70. The maximum absolute atomic E-state index is 12.7. The third-order valence-electron chi connectivity index (χ3n) is 5.19. The van der Waals surface area contributed by atoms with E-state index in [4.69, 9.17) is 0 Å². The summed E-state index contributed by atoms with van der Waals surface area (Å²) < 4.78 is 28.2. The molecule has 0 unspecified atom stereocenters. The van der Waals surface area contributed by atoms with Gasteiger partial charge in [-0.1, -0.05) is 60.7 Å². The molecule has 0 spiro atoms. The third kappa shape index (κ3) is 4.05. The van der Waals surface area contributed by atoms with E-state index in [1.54, 1.807) is 12.1 Å². The van der Waals surface area contributed by atoms with Gasteiger partial charge in [-0.05, 0) is 42.0 Å². The zero-order valence-corrected chi connectivity index (χ0v) is 16.1. The smallest absolute Gasteiger partial charge is 0.241 e. The van der Waals surface area contributed by atoms with Crippen molar-refractivity contribution in [2.24, 2.45) is 0 Å². The highest BCUT2D eigenvalue weighted by atomic mass is 32.2. The van der Waals surface area contributed by atoms with Crippen molar-refractivity contribution < 1.29 is 8.42 Å². The molecule has 1 heterocycles. The Balaban J connectivity index is 1.35. The summed E-state index contributed by atoms with van der Waals surface area (Å²) in [5.41, 5.74) is 2.82. The van der Waals surface area contributed by atoms with Gasteiger partial charge in [-0.3, -0.25) is 4.90 Å². The van der Waals surface area contributed by atoms with E-state index in [0.717, 1.165) is 43.2 Å². The summed E-state index contributed by atoms with van der Waals surface area (Å²) in [6.45, 7) is 3.33. The number of benzene rings is 3. The standard InChI is InChI=1S/C22H24N2O2S/c25-27(26,22-12-5-10-19-8-3-4-11-21(19)22)23-14-6-15-24-16-13-18-7-1-2-9-20(18)17-24/h1-5,7-12,23H,6,13-17H2. The molecule has 4 rings (SSSR count). The minimum absolute atomic E-state index is 0.354. The molecule has 0 saturated heterocycles. The van der Waals surface area contributed by atoms with Crippen LogP contribution in [-0.2, 0) is 23.0 Å². The molecule has 1 aliphatic rings. The van der Waals surface area contributed by atoms with E-state index in [2.05, 4.69) is 33.9 Å². The van der Waals surface area contributed by atoms with Crippen LogP contribution in [0.25, 0.3) is 10.8 Å². The van der Waals surface area contributed by atoms with E-state index in [0.29, 0.717) is 11.4 Å². The number of nitrogens with zero attached hydrogens (tertiary/aromatic N) is 1. The van der Waals surface area contributed by atoms with Gasteiger partial charge in [-0.2, -0.15) is 0 Å². The molecule has 140 valence electrons. The maximum atomic E-state index is 12.7. The largest absolute Gasteiger partial charge is 0.299 e. The van der Waals surface area contributed by atoms with Crippen LogP contribution in [0.5, 0.6) is 0 Å². The van der Waals surface area contributed by atoms with Crippen LogP contribution in [0.1, 0.15) is 17.5 Å². The Morgan fingerprint density at radius 3 is 2.52 bits per heavy atom. The predicted octanol–water partition coefficient (Wildman–Crippen LogP) is 3.57. The molecule has 4 nitrogen and oxygen atoms in total. The van der Waals surface area contributed by atoms with Crippen molar-refractivity contribution in [3.05, 3.63) is 77.9 Å². The van der Waals surface area contributed by atoms with Crippen molar-refractivity contribution in [2.75, 3.05) is 19.6 Å². The molecule has 0 amide bonds. The van der Waals surface area contributed by atoms with E-state index in [1.807, 2.05) is 30.3 Å². The van der Waals surface area contributed by atoms with Gasteiger partial charge in [0.25, 0.3) is 0 Å². The molecule has 0 atom stereocenters. The van der Waals surface area contributed by atoms with E-state index in [1.165, 1.54) is 11.1 Å². The molecule has 0 saturated carbocycles. The van der Waals surface area contributed by atoms with E-state index in [-0.39, 0.29) is 0 Å². The van der Waals surface area contributed by atoms with Crippen molar-refractivity contribution >= 4 is 20.8 Å². The first-order chi connectivity index (χ1) is 13.1. The first kappa shape index (κ1) is 18.2. The molecule has 3 aromatic rings. The predicted molar refractivity (Wildman–Crippen MR) is 109 cm³/mol. The van der Waals surface area contributed by atoms with Gasteiger partial charge >= 0.3 is 0 Å². The lowest BCUT2D eigenvalue weighted by atomic mass is 10.00. The Hall–Kier alpha value is -2.21. The van der Waals surface area contributed by atoms with Crippen LogP contribution in [-0.4, -0.2) is 33.0 Å². The molecule has 0 radical (unpaired) electrons. The summed E-state index contributed by atoms with van der Waals surface area (Å²) in [5, 5.41) is 1.70. The first-order valence-electron chi connectivity index (χ1n) is 9.40. The third-order valence-corrected chi connectivity index (χ3v) is 6.71. The Morgan fingerprint density at radius 1 is 0.889 bits per heavy atom. The summed E-state index contributed by atoms with van der Waals surface area (Å²) in [6, 6.07) is 21.5. The second-order valence-electron chi connectivity index (χ2n) is 7.02. The molecular formula is C22H24N2O2S. The second kappa shape index (κ2) is 7.80. The summed E-state index contributed by atoms with van der Waals surface area (Å²) >= 11 is 0. The van der Waals surface area contributed by atoms with Crippen molar-refractivity contribution in [3.63, 3.8) is 0 Å². The Morgan fingerprint density at radius 2 is 1.63 bits per heavy atom. The first-order valence-corrected chi connectivity index (χ1v) is 10.9. The van der Waals surface area contributed by atoms with Gasteiger partial charge in [0, 0.05) is 25.0 Å². The van der Waals surface area contributed by atoms with Crippen LogP contribution in [0.3, 0.4) is 0 Å². The van der Waals surface area contributed by atoms with Gasteiger partial charge in [-0.15, -0.1) is 0 Å². The van der Waals surface area contributed by atoms with Crippen LogP contribution >= 0.6 is 0 Å². The molecule has 3 aromatic carbocycles. The highest BCUT2D eigenvalue weighted by Crippen LogP contribution is 2.22. The van der Waals surface area contributed by atoms with Gasteiger partial charge in [0.05, 0.1) is 4.90 Å². The second-order valence-corrected chi connectivity index (χ2v) is 8.76. The SMILES string of the molecule is O=S(=O)(NCCCN1CCc2ccccc2C1)c1cccc2ccccc12. The van der Waals surface area contributed by atoms with Crippen molar-refractivity contribution in [1.82, 2.24) is 9.62 Å². The Labute approximate surface area is 160 Å². The minimum Gasteiger partial charge on any atom is -0.299 e. The Bertz CT molecular complexity index is 1040. The fraction of sp³-hybridized carbons (Fsp3) is 0.273. The van der Waals surface area contributed by atoms with Gasteiger partial charge < -0.3 is 0 Å². The fourth-order valence-corrected chi connectivity index (χ4v) is 5.06. The fourth-order valence-electron chi connectivity index (χ4n) is 3.76. The molecule has 5 heteroatoms. The lowest BCUT2D eigenvalue weighted by Crippen LogP contribution is -2.33. The van der Waals surface area contributed by atoms with Gasteiger partial charge in [-0.25, -0.2) is 13.1 Å². The number of rotatable bonds is 6. The number of sulfonamides is 1. The van der Waals surface area contributed by atoms with Gasteiger partial charge in [0.15, 0.2) is 0 Å². The van der Waals surface area contributed by atoms with Crippen molar-refractivity contribution in [2.45, 2.75) is 24.3 Å². The molecular weight excluding hydrogens is 356 g/mol. The van der Waals surface area contributed by atoms with Crippen LogP contribution in [0.2, 0.25) is 0 Å². The van der Waals surface area contributed by atoms with Crippen molar-refractivity contribution in [1.29, 1.82) is 0 Å². The molecule has 27 heavy (non-hydrogen) atoms. The summed E-state index contributed by atoms with van der Waals surface area (Å²) in [7, 11) is -3.51. The highest BCUT2D eigenvalue weighted by Gasteiger charge is 2.18. The number of hydrogen-bond acceptors (Lipinski definition) is 3. The molecule has 0 aliphatic carbocycles. The molecule has 0 bridgehead atoms. The van der Waals surface area contributed by atoms with Crippen LogP contribution < -0.4 is 4.72 Å². The molecule has 0 fully saturated rings. The highest BCUT2D eigenvalue weighted by molar-refractivity contribution is 7.89. The normalized spacial score (nSPS) is 15.0. The van der Waals surface area contributed by atoms with Gasteiger partial charge in [0.2, 0.25) is 10.0 Å².